The predicted octanol–water partition coefficient (Wildman–Crippen LogP) is 4.71. The van der Waals surface area contributed by atoms with Gasteiger partial charge in [0.1, 0.15) is 0 Å². The second kappa shape index (κ2) is 6.47. The number of nitrogens with zero attached hydrogens (tertiary/aromatic N) is 1. The Morgan fingerprint density at radius 3 is 2.47 bits per heavy atom. The Morgan fingerprint density at radius 2 is 1.79 bits per heavy atom. The predicted molar refractivity (Wildman–Crippen MR) is 79.7 cm³/mol. The van der Waals surface area contributed by atoms with Gasteiger partial charge in [0, 0.05) is 6.54 Å². The lowest BCUT2D eigenvalue weighted by Gasteiger charge is -2.13. The number of rotatable bonds is 4. The summed E-state index contributed by atoms with van der Waals surface area (Å²) in [5.41, 5.74) is 1.72. The van der Waals surface area contributed by atoms with Crippen LogP contribution in [0.4, 0.5) is 5.69 Å². The van der Waals surface area contributed by atoms with E-state index >= 15 is 0 Å². The van der Waals surface area contributed by atoms with Crippen LogP contribution < -0.4 is 5.32 Å². The summed E-state index contributed by atoms with van der Waals surface area (Å²) in [6.07, 6.45) is 0. The highest BCUT2D eigenvalue weighted by Crippen LogP contribution is 2.30. The molecule has 0 aliphatic rings. The molecule has 2 aromatic rings. The Balaban J connectivity index is 2.09. The van der Waals surface area contributed by atoms with E-state index in [1.165, 1.54) is 0 Å². The number of benzene rings is 2. The number of hydrogen-bond donors (Lipinski definition) is 1. The summed E-state index contributed by atoms with van der Waals surface area (Å²) in [6.45, 7) is 0.487. The largest absolute Gasteiger partial charge is 0.382 e. The lowest BCUT2D eigenvalue weighted by atomic mass is 10.0. The van der Waals surface area contributed by atoms with Crippen LogP contribution in [-0.2, 0) is 0 Å². The molecule has 0 saturated heterocycles. The van der Waals surface area contributed by atoms with E-state index < -0.39 is 0 Å². The molecule has 0 aliphatic heterocycles. The Bertz CT molecular complexity index is 591. The Hall–Kier alpha value is -1.69. The molecular formula is C15H12Cl2N2. The molecule has 96 valence electrons. The highest BCUT2D eigenvalue weighted by atomic mass is 35.5. The van der Waals surface area contributed by atoms with Crippen LogP contribution in [0.3, 0.4) is 0 Å². The maximum atomic E-state index is 9.23. The van der Waals surface area contributed by atoms with Crippen molar-refractivity contribution in [2.45, 2.75) is 5.92 Å². The van der Waals surface area contributed by atoms with Crippen molar-refractivity contribution in [1.82, 2.24) is 0 Å². The normalized spacial score (nSPS) is 11.6. The van der Waals surface area contributed by atoms with Crippen molar-refractivity contribution >= 4 is 28.9 Å². The Morgan fingerprint density at radius 1 is 1.05 bits per heavy atom. The van der Waals surface area contributed by atoms with Gasteiger partial charge in [0.2, 0.25) is 0 Å². The van der Waals surface area contributed by atoms with Crippen LogP contribution in [0.1, 0.15) is 11.5 Å². The third kappa shape index (κ3) is 3.41. The molecule has 0 aromatic heterocycles. The van der Waals surface area contributed by atoms with Crippen LogP contribution in [0.15, 0.2) is 48.5 Å². The van der Waals surface area contributed by atoms with Gasteiger partial charge in [-0.25, -0.2) is 0 Å². The molecule has 0 amide bonds. The van der Waals surface area contributed by atoms with E-state index in [1.807, 2.05) is 42.5 Å². The first-order valence-electron chi connectivity index (χ1n) is 5.85. The zero-order valence-corrected chi connectivity index (χ0v) is 11.6. The zero-order valence-electron chi connectivity index (χ0n) is 10.1. The van der Waals surface area contributed by atoms with Crippen LogP contribution >= 0.6 is 23.2 Å². The van der Waals surface area contributed by atoms with Gasteiger partial charge < -0.3 is 5.32 Å². The summed E-state index contributed by atoms with van der Waals surface area (Å²) in [6, 6.07) is 17.3. The molecule has 0 radical (unpaired) electrons. The molecule has 4 heteroatoms. The maximum absolute atomic E-state index is 9.23. The molecular weight excluding hydrogens is 279 g/mol. The molecule has 2 rings (SSSR count). The van der Waals surface area contributed by atoms with Crippen molar-refractivity contribution in [1.29, 1.82) is 5.26 Å². The highest BCUT2D eigenvalue weighted by molar-refractivity contribution is 6.43. The molecule has 1 atom stereocenters. The number of hydrogen-bond acceptors (Lipinski definition) is 2. The summed E-state index contributed by atoms with van der Waals surface area (Å²) in [5, 5.41) is 13.4. The number of anilines is 1. The molecule has 0 fully saturated rings. The summed E-state index contributed by atoms with van der Waals surface area (Å²) in [7, 11) is 0. The molecule has 0 spiro atoms. The van der Waals surface area contributed by atoms with E-state index in [2.05, 4.69) is 11.4 Å². The first-order chi connectivity index (χ1) is 9.22. The second-order valence-electron chi connectivity index (χ2n) is 4.07. The fraction of sp³-hybridized carbons (Fsp3) is 0.133. The van der Waals surface area contributed by atoms with Crippen molar-refractivity contribution in [3.8, 4) is 6.07 Å². The van der Waals surface area contributed by atoms with Crippen LogP contribution in [0.2, 0.25) is 10.0 Å². The standard InChI is InChI=1S/C15H12Cl2N2/c16-13-7-4-8-14(15(13)17)19-10-12(9-18)11-5-2-1-3-6-11/h1-8,12,19H,10H2. The van der Waals surface area contributed by atoms with E-state index in [1.54, 1.807) is 6.07 Å². The van der Waals surface area contributed by atoms with Gasteiger partial charge in [-0.3, -0.25) is 0 Å². The summed E-state index contributed by atoms with van der Waals surface area (Å²) >= 11 is 12.0. The SMILES string of the molecule is N#CC(CNc1cccc(Cl)c1Cl)c1ccccc1. The molecule has 0 bridgehead atoms. The molecule has 19 heavy (non-hydrogen) atoms. The average Bonchev–Trinajstić information content (AvgIpc) is 2.45. The first-order valence-corrected chi connectivity index (χ1v) is 6.60. The number of halogens is 2. The van der Waals surface area contributed by atoms with E-state index in [4.69, 9.17) is 23.2 Å². The van der Waals surface area contributed by atoms with Crippen molar-refractivity contribution in [2.24, 2.45) is 0 Å². The van der Waals surface area contributed by atoms with E-state index in [9.17, 15) is 5.26 Å². The van der Waals surface area contributed by atoms with Crippen molar-refractivity contribution in [3.05, 3.63) is 64.1 Å². The molecule has 0 heterocycles. The monoisotopic (exact) mass is 290 g/mol. The van der Waals surface area contributed by atoms with Crippen molar-refractivity contribution in [3.63, 3.8) is 0 Å². The van der Waals surface area contributed by atoms with Crippen LogP contribution in [0.25, 0.3) is 0 Å². The summed E-state index contributed by atoms with van der Waals surface area (Å²) < 4.78 is 0. The second-order valence-corrected chi connectivity index (χ2v) is 4.86. The smallest absolute Gasteiger partial charge is 0.0885 e. The van der Waals surface area contributed by atoms with Gasteiger partial charge in [0.15, 0.2) is 0 Å². The van der Waals surface area contributed by atoms with E-state index in [0.717, 1.165) is 11.3 Å². The molecule has 0 aliphatic carbocycles. The highest BCUT2D eigenvalue weighted by Gasteiger charge is 2.11. The first kappa shape index (κ1) is 13.7. The number of nitriles is 1. The molecule has 0 saturated carbocycles. The lowest BCUT2D eigenvalue weighted by molar-refractivity contribution is 0.901. The Labute approximate surface area is 122 Å². The molecule has 1 N–H and O–H groups in total. The van der Waals surface area contributed by atoms with Gasteiger partial charge in [-0.05, 0) is 17.7 Å². The van der Waals surface area contributed by atoms with Gasteiger partial charge in [0.05, 0.1) is 27.7 Å². The van der Waals surface area contributed by atoms with Crippen LogP contribution in [0.5, 0.6) is 0 Å². The van der Waals surface area contributed by atoms with Gasteiger partial charge >= 0.3 is 0 Å². The van der Waals surface area contributed by atoms with Crippen LogP contribution in [-0.4, -0.2) is 6.54 Å². The minimum absolute atomic E-state index is 0.226. The quantitative estimate of drug-likeness (QED) is 0.885. The maximum Gasteiger partial charge on any atom is 0.0885 e. The molecule has 1 unspecified atom stereocenters. The van der Waals surface area contributed by atoms with Gasteiger partial charge in [-0.15, -0.1) is 0 Å². The number of nitrogens with one attached hydrogen (secondary N) is 1. The van der Waals surface area contributed by atoms with E-state index in [0.29, 0.717) is 16.6 Å². The zero-order chi connectivity index (χ0) is 13.7. The molecule has 2 nitrogen and oxygen atoms in total. The third-order valence-electron chi connectivity index (χ3n) is 2.81. The van der Waals surface area contributed by atoms with Crippen molar-refractivity contribution in [2.75, 3.05) is 11.9 Å². The Kier molecular flexibility index (Phi) is 4.68. The fourth-order valence-electron chi connectivity index (χ4n) is 1.78. The minimum atomic E-state index is -0.226. The fourth-order valence-corrected chi connectivity index (χ4v) is 2.14. The van der Waals surface area contributed by atoms with Crippen molar-refractivity contribution < 1.29 is 0 Å². The minimum Gasteiger partial charge on any atom is -0.382 e. The van der Waals surface area contributed by atoms with E-state index in [-0.39, 0.29) is 5.92 Å². The van der Waals surface area contributed by atoms with Crippen LogP contribution in [0, 0.1) is 11.3 Å². The van der Waals surface area contributed by atoms with Gasteiger partial charge in [-0.1, -0.05) is 59.6 Å². The van der Waals surface area contributed by atoms with Gasteiger partial charge in [-0.2, -0.15) is 5.26 Å². The van der Waals surface area contributed by atoms with Gasteiger partial charge in [0.25, 0.3) is 0 Å². The summed E-state index contributed by atoms with van der Waals surface area (Å²) in [4.78, 5) is 0. The lowest BCUT2D eigenvalue weighted by Crippen LogP contribution is -2.11. The third-order valence-corrected chi connectivity index (χ3v) is 3.62. The topological polar surface area (TPSA) is 35.8 Å². The molecule has 2 aromatic carbocycles. The summed E-state index contributed by atoms with van der Waals surface area (Å²) in [5.74, 6) is -0.226. The average molecular weight is 291 g/mol.